The van der Waals surface area contributed by atoms with Crippen LogP contribution in [0.15, 0.2) is 282 Å². The largest absolute Gasteiger partial charge is 0.383 e. The van der Waals surface area contributed by atoms with Crippen LogP contribution in [0.5, 0.6) is 0 Å². The van der Waals surface area contributed by atoms with E-state index in [0.29, 0.717) is 122 Å². The van der Waals surface area contributed by atoms with Crippen molar-refractivity contribution in [2.24, 2.45) is 7.05 Å². The van der Waals surface area contributed by atoms with Crippen molar-refractivity contribution in [3.8, 4) is 52.6 Å². The van der Waals surface area contributed by atoms with Crippen LogP contribution in [-0.4, -0.2) is 96.0 Å². The van der Waals surface area contributed by atoms with Gasteiger partial charge < -0.3 is 33.2 Å². The third-order valence-corrected chi connectivity index (χ3v) is 20.2. The van der Waals surface area contributed by atoms with Gasteiger partial charge in [-0.2, -0.15) is 5.10 Å². The SMILES string of the molecule is C[C@H](NC(=O)c1c(N)ncc2cccnc12)c1nc2cccc(C#Cc3ccn(C)n3)c2c(=O)n1-c1ccccc1.C[C@H](NC(=O)c1c(N)ncc2cccnc12)c1nc2cccc(C#Cc3ccncc3)c2c(=O)n1-c1ccccc1.C[C@H](NC(=O)c1c(N)ncc2cccnc12)c1nc2cccc(C#Cc3cncs3)c2c(=O)n1-c1ccccc1. The molecule has 0 aliphatic rings. The first-order valence-corrected chi connectivity index (χ1v) is 38.9. The molecule has 12 heterocycles. The fraction of sp³-hybridized carbons (Fsp3) is 0.0753. The van der Waals surface area contributed by atoms with E-state index in [1.807, 2.05) is 110 Å². The normalized spacial score (nSPS) is 11.6. The number of rotatable bonds is 12. The average Bonchev–Trinajstić information content (AvgIpc) is 0.932. The summed E-state index contributed by atoms with van der Waals surface area (Å²) in [6.07, 6.45) is 16.3. The third-order valence-electron chi connectivity index (χ3n) is 19.5. The molecule has 18 aromatic rings. The highest BCUT2D eigenvalue weighted by Gasteiger charge is 2.29. The van der Waals surface area contributed by atoms with Crippen molar-refractivity contribution in [3.63, 3.8) is 0 Å². The number of benzene rings is 6. The smallest absolute Gasteiger partial charge is 0.267 e. The molecule has 592 valence electrons. The van der Waals surface area contributed by atoms with E-state index in [9.17, 15) is 28.8 Å². The molecule has 0 saturated carbocycles. The van der Waals surface area contributed by atoms with Crippen molar-refractivity contribution in [1.82, 2.24) is 94.3 Å². The van der Waals surface area contributed by atoms with Gasteiger partial charge in [-0.3, -0.25) is 72.1 Å². The Hall–Kier alpha value is -17.1. The molecule has 12 aromatic heterocycles. The van der Waals surface area contributed by atoms with Gasteiger partial charge in [0, 0.05) is 101 Å². The summed E-state index contributed by atoms with van der Waals surface area (Å²) >= 11 is 1.42. The Balaban J connectivity index is 0.000000136. The zero-order valence-electron chi connectivity index (χ0n) is 65.4. The minimum atomic E-state index is -0.693. The molecule has 29 heteroatoms. The lowest BCUT2D eigenvalue weighted by atomic mass is 10.1. The van der Waals surface area contributed by atoms with Gasteiger partial charge >= 0.3 is 0 Å². The molecule has 0 unspecified atom stereocenters. The van der Waals surface area contributed by atoms with E-state index in [-0.39, 0.29) is 50.8 Å². The van der Waals surface area contributed by atoms with E-state index in [2.05, 4.69) is 96.4 Å². The lowest BCUT2D eigenvalue weighted by Gasteiger charge is -2.20. The number of fused-ring (bicyclic) bond motifs is 6. The number of aromatic nitrogens is 16. The zero-order chi connectivity index (χ0) is 84.5. The molecule has 0 aliphatic carbocycles. The van der Waals surface area contributed by atoms with E-state index < -0.39 is 35.8 Å². The Labute approximate surface area is 698 Å². The number of aryl methyl sites for hydroxylation is 1. The molecule has 3 atom stereocenters. The maximum atomic E-state index is 14.2. The first kappa shape index (κ1) is 78.8. The second-order valence-electron chi connectivity index (χ2n) is 27.6. The van der Waals surface area contributed by atoms with E-state index in [1.165, 1.54) is 25.0 Å². The van der Waals surface area contributed by atoms with Gasteiger partial charge in [-0.1, -0.05) is 96.5 Å². The molecule has 0 saturated heterocycles. The average molecular weight is 1620 g/mol. The van der Waals surface area contributed by atoms with Gasteiger partial charge in [0.15, 0.2) is 0 Å². The molecule has 6 aromatic carbocycles. The summed E-state index contributed by atoms with van der Waals surface area (Å²) < 4.78 is 6.18. The number of carbonyl (C=O) groups is 3. The van der Waals surface area contributed by atoms with Crippen molar-refractivity contribution >= 4 is 112 Å². The molecule has 122 heavy (non-hydrogen) atoms. The molecule has 28 nitrogen and oxygen atoms in total. The van der Waals surface area contributed by atoms with E-state index in [1.54, 1.807) is 190 Å². The molecule has 0 spiro atoms. The lowest BCUT2D eigenvalue weighted by molar-refractivity contribution is 0.0931. The maximum Gasteiger partial charge on any atom is 0.267 e. The lowest BCUT2D eigenvalue weighted by Crippen LogP contribution is -2.34. The fourth-order valence-electron chi connectivity index (χ4n) is 13.8. The second-order valence-corrected chi connectivity index (χ2v) is 28.5. The Morgan fingerprint density at radius 1 is 0.385 bits per heavy atom. The molecule has 0 fully saturated rings. The number of nitrogen functional groups attached to an aromatic ring is 3. The number of carbonyl (C=O) groups excluding carboxylic acids is 3. The van der Waals surface area contributed by atoms with Crippen LogP contribution in [0.3, 0.4) is 0 Å². The molecule has 18 rings (SSSR count). The first-order chi connectivity index (χ1) is 59.4. The van der Waals surface area contributed by atoms with Crippen LogP contribution in [0, 0.1) is 35.5 Å². The minimum Gasteiger partial charge on any atom is -0.383 e. The first-order valence-electron chi connectivity index (χ1n) is 38.0. The van der Waals surface area contributed by atoms with Crippen molar-refractivity contribution in [1.29, 1.82) is 0 Å². The minimum absolute atomic E-state index is 0.0592. The number of nitrogens with one attached hydrogen (secondary N) is 3. The summed E-state index contributed by atoms with van der Waals surface area (Å²) in [4.78, 5) is 132. The summed E-state index contributed by atoms with van der Waals surface area (Å²) in [6, 6.07) is 57.6. The number of anilines is 3. The zero-order valence-corrected chi connectivity index (χ0v) is 66.2. The molecular weight excluding hydrogens is 1550 g/mol. The van der Waals surface area contributed by atoms with Crippen LogP contribution in [0.2, 0.25) is 0 Å². The second kappa shape index (κ2) is 34.8. The molecule has 0 aliphatic heterocycles. The van der Waals surface area contributed by atoms with Gasteiger partial charge in [-0.25, -0.2) is 29.9 Å². The topological polar surface area (TPSA) is 391 Å². The molecule has 0 bridgehead atoms. The summed E-state index contributed by atoms with van der Waals surface area (Å²) in [5, 5.41) is 16.3. The van der Waals surface area contributed by atoms with Crippen LogP contribution >= 0.6 is 11.3 Å². The van der Waals surface area contributed by atoms with E-state index in [4.69, 9.17) is 32.2 Å². The Bertz CT molecular complexity index is 7540. The standard InChI is InChI=1S/C32H23N7O2.C31H24N8O2.C30H21N7O2S/c1-20(37-31(40)27-28-23(8-6-16-35-28)19-36-29(27)33)30-38-25-11-5-7-22(13-12-21-14-17-34-18-15-21)26(25)32(41)39(30)24-9-3-2-4-10-24;1-19(35-30(40)26-27-21(9-7-16-33-27)18-34-28(26)32)29-36-24-12-6-8-20(13-14-22-15-17-38(2)37-22)25(24)31(41)39(29)23-10-4-3-5-11-23;1-18(35-29(38)25-26-20(8-6-14-33-26)15-34-27(25)31)28-36-23-11-5-7-19(12-13-22-16-32-17-40-22)24(23)30(39)37(28)21-9-3-2-4-10-21/h2-11,14-20H,1H3,(H2,33,36)(H,37,40);3-12,15-19H,1-2H3,(H2,32,34)(H,35,40);2-11,14-18H,1H3,(H2,31,34)(H,35,38)/t20-;19-;18-/m000/s1. The predicted octanol–water partition coefficient (Wildman–Crippen LogP) is 12.0. The van der Waals surface area contributed by atoms with Gasteiger partial charge in [-0.05, 0) is 160 Å². The highest BCUT2D eigenvalue weighted by molar-refractivity contribution is 7.10. The van der Waals surface area contributed by atoms with E-state index in [0.717, 1.165) is 10.4 Å². The number of hydrogen-bond acceptors (Lipinski definition) is 22. The fourth-order valence-corrected chi connectivity index (χ4v) is 14.3. The number of pyridine rings is 7. The van der Waals surface area contributed by atoms with Crippen LogP contribution in [0.1, 0.15) is 120 Å². The van der Waals surface area contributed by atoms with E-state index >= 15 is 0 Å². The van der Waals surface area contributed by atoms with Gasteiger partial charge in [0.1, 0.15) is 57.3 Å². The third kappa shape index (κ3) is 16.3. The summed E-state index contributed by atoms with van der Waals surface area (Å²) in [7, 11) is 1.81. The monoisotopic (exact) mass is 1620 g/mol. The number of para-hydroxylation sites is 3. The van der Waals surface area contributed by atoms with Crippen molar-refractivity contribution < 1.29 is 14.4 Å². The van der Waals surface area contributed by atoms with Crippen molar-refractivity contribution in [3.05, 3.63) is 366 Å². The number of hydrogen-bond donors (Lipinski definition) is 6. The molecule has 0 radical (unpaired) electrons. The predicted molar refractivity (Wildman–Crippen MR) is 469 cm³/mol. The van der Waals surface area contributed by atoms with Crippen LogP contribution in [0.25, 0.3) is 82.5 Å². The van der Waals surface area contributed by atoms with Crippen LogP contribution in [-0.2, 0) is 7.05 Å². The quantitative estimate of drug-likeness (QED) is 0.0619. The van der Waals surface area contributed by atoms with Gasteiger partial charge in [0.05, 0.1) is 101 Å². The summed E-state index contributed by atoms with van der Waals surface area (Å²) in [5.41, 5.74) is 27.1. The number of amides is 3. The van der Waals surface area contributed by atoms with Crippen molar-refractivity contribution in [2.45, 2.75) is 38.9 Å². The van der Waals surface area contributed by atoms with Gasteiger partial charge in [0.2, 0.25) is 0 Å². The highest BCUT2D eigenvalue weighted by atomic mass is 32.1. The van der Waals surface area contributed by atoms with Gasteiger partial charge in [0.25, 0.3) is 34.4 Å². The molecule has 3 amide bonds. The number of nitrogens with two attached hydrogens (primary N) is 3. The summed E-state index contributed by atoms with van der Waals surface area (Å²) in [5.74, 6) is 18.3. The Morgan fingerprint density at radius 3 is 1.11 bits per heavy atom. The molecular formula is C93H68N22O6S. The number of nitrogens with zero attached hydrogens (tertiary/aromatic N) is 16. The highest BCUT2D eigenvalue weighted by Crippen LogP contribution is 2.29. The summed E-state index contributed by atoms with van der Waals surface area (Å²) in [6.45, 7) is 5.29. The number of thiazole rings is 1. The maximum absolute atomic E-state index is 14.2. The Kier molecular flexibility index (Phi) is 22.4. The van der Waals surface area contributed by atoms with Crippen LogP contribution in [0.4, 0.5) is 17.5 Å². The molecule has 9 N–H and O–H groups in total. The van der Waals surface area contributed by atoms with Gasteiger partial charge in [-0.15, -0.1) is 11.3 Å². The van der Waals surface area contributed by atoms with Crippen molar-refractivity contribution in [2.75, 3.05) is 17.2 Å². The Morgan fingerprint density at radius 2 is 0.754 bits per heavy atom. The van der Waals surface area contributed by atoms with Crippen LogP contribution < -0.4 is 49.8 Å².